The van der Waals surface area contributed by atoms with Crippen LogP contribution in [0.25, 0.3) is 5.69 Å². The molecule has 2 amide bonds. The van der Waals surface area contributed by atoms with E-state index in [0.717, 1.165) is 11.3 Å². The molecule has 0 atom stereocenters. The van der Waals surface area contributed by atoms with Gasteiger partial charge in [0.15, 0.2) is 5.69 Å². The van der Waals surface area contributed by atoms with E-state index in [1.807, 2.05) is 31.2 Å². The van der Waals surface area contributed by atoms with Gasteiger partial charge in [-0.15, -0.1) is 5.10 Å². The number of rotatable bonds is 4. The molecule has 3 rings (SSSR count). The summed E-state index contributed by atoms with van der Waals surface area (Å²) in [5.41, 5.74) is 2.28. The Bertz CT molecular complexity index is 763. The van der Waals surface area contributed by atoms with Crippen molar-refractivity contribution in [3.05, 3.63) is 41.7 Å². The van der Waals surface area contributed by atoms with Gasteiger partial charge in [0.1, 0.15) is 0 Å². The second kappa shape index (κ2) is 7.99. The molecule has 1 aromatic heterocycles. The van der Waals surface area contributed by atoms with Crippen LogP contribution in [-0.4, -0.2) is 57.6 Å². The first-order chi connectivity index (χ1) is 12.6. The number of amides is 2. The van der Waals surface area contributed by atoms with Crippen LogP contribution in [0.3, 0.4) is 0 Å². The third kappa shape index (κ3) is 4.19. The largest absolute Gasteiger partial charge is 0.450 e. The summed E-state index contributed by atoms with van der Waals surface area (Å²) in [4.78, 5) is 25.8. The number of hydrogen-bond acceptors (Lipinski definition) is 5. The summed E-state index contributed by atoms with van der Waals surface area (Å²) in [5.74, 6) is -0.252. The van der Waals surface area contributed by atoms with Gasteiger partial charge in [-0.05, 0) is 38.8 Å². The van der Waals surface area contributed by atoms with Gasteiger partial charge in [0.05, 0.1) is 18.5 Å². The standard InChI is InChI=1S/C18H23N5O3/c1-3-26-18(25)22-10-8-14(9-11-22)19-17(24)16-12-23(21-20-16)15-6-4-13(2)5-7-15/h4-7,12,14H,3,8-11H2,1-2H3,(H,19,24). The average molecular weight is 357 g/mol. The summed E-state index contributed by atoms with van der Waals surface area (Å²) >= 11 is 0. The molecule has 8 heteroatoms. The lowest BCUT2D eigenvalue weighted by molar-refractivity contribution is 0.0856. The summed E-state index contributed by atoms with van der Waals surface area (Å²) in [6.45, 7) is 5.30. The number of nitrogens with zero attached hydrogens (tertiary/aromatic N) is 4. The van der Waals surface area contributed by atoms with Gasteiger partial charge in [0.2, 0.25) is 0 Å². The van der Waals surface area contributed by atoms with Crippen molar-refractivity contribution < 1.29 is 14.3 Å². The van der Waals surface area contributed by atoms with Crippen LogP contribution < -0.4 is 5.32 Å². The van der Waals surface area contributed by atoms with Crippen molar-refractivity contribution >= 4 is 12.0 Å². The maximum atomic E-state index is 12.4. The van der Waals surface area contributed by atoms with E-state index in [2.05, 4.69) is 15.6 Å². The summed E-state index contributed by atoms with van der Waals surface area (Å²) < 4.78 is 6.58. The number of aromatic nitrogens is 3. The molecule has 1 aliphatic rings. The maximum absolute atomic E-state index is 12.4. The zero-order valence-electron chi connectivity index (χ0n) is 15.0. The SMILES string of the molecule is CCOC(=O)N1CCC(NC(=O)c2cn(-c3ccc(C)cc3)nn2)CC1. The summed E-state index contributed by atoms with van der Waals surface area (Å²) in [7, 11) is 0. The fraction of sp³-hybridized carbons (Fsp3) is 0.444. The molecule has 1 saturated heterocycles. The van der Waals surface area contributed by atoms with E-state index in [1.165, 1.54) is 0 Å². The minimum Gasteiger partial charge on any atom is -0.450 e. The number of hydrogen-bond donors (Lipinski definition) is 1. The number of nitrogens with one attached hydrogen (secondary N) is 1. The van der Waals surface area contributed by atoms with Crippen LogP contribution in [0.2, 0.25) is 0 Å². The third-order valence-electron chi connectivity index (χ3n) is 4.38. The molecule has 0 unspecified atom stereocenters. The van der Waals surface area contributed by atoms with Crippen molar-refractivity contribution in [2.75, 3.05) is 19.7 Å². The van der Waals surface area contributed by atoms with Gasteiger partial charge < -0.3 is 15.0 Å². The normalized spacial score (nSPS) is 14.9. The highest BCUT2D eigenvalue weighted by molar-refractivity contribution is 5.92. The minimum atomic E-state index is -0.293. The topological polar surface area (TPSA) is 89.4 Å². The molecule has 1 aliphatic heterocycles. The fourth-order valence-electron chi connectivity index (χ4n) is 2.87. The van der Waals surface area contributed by atoms with E-state index in [-0.39, 0.29) is 23.7 Å². The molecule has 0 radical (unpaired) electrons. The first kappa shape index (κ1) is 17.9. The number of aryl methyl sites for hydroxylation is 1. The monoisotopic (exact) mass is 357 g/mol. The number of carbonyl (C=O) groups is 2. The van der Waals surface area contributed by atoms with E-state index in [9.17, 15) is 9.59 Å². The van der Waals surface area contributed by atoms with Gasteiger partial charge >= 0.3 is 6.09 Å². The highest BCUT2D eigenvalue weighted by Gasteiger charge is 2.25. The van der Waals surface area contributed by atoms with Gasteiger partial charge in [0.25, 0.3) is 5.91 Å². The highest BCUT2D eigenvalue weighted by atomic mass is 16.6. The van der Waals surface area contributed by atoms with Crippen molar-refractivity contribution in [3.63, 3.8) is 0 Å². The van der Waals surface area contributed by atoms with Gasteiger partial charge in [-0.2, -0.15) is 0 Å². The number of ether oxygens (including phenoxy) is 1. The highest BCUT2D eigenvalue weighted by Crippen LogP contribution is 2.13. The molecule has 2 aromatic rings. The third-order valence-corrected chi connectivity index (χ3v) is 4.38. The van der Waals surface area contributed by atoms with Crippen LogP contribution in [0, 0.1) is 6.92 Å². The Morgan fingerprint density at radius 2 is 1.92 bits per heavy atom. The van der Waals surface area contributed by atoms with Crippen molar-refractivity contribution in [1.29, 1.82) is 0 Å². The smallest absolute Gasteiger partial charge is 0.409 e. The molecule has 26 heavy (non-hydrogen) atoms. The number of carbonyl (C=O) groups excluding carboxylic acids is 2. The molecular formula is C18H23N5O3. The Balaban J connectivity index is 1.55. The molecule has 1 aromatic carbocycles. The first-order valence-corrected chi connectivity index (χ1v) is 8.78. The zero-order chi connectivity index (χ0) is 18.5. The Labute approximate surface area is 152 Å². The molecule has 8 nitrogen and oxygen atoms in total. The number of piperidine rings is 1. The fourth-order valence-corrected chi connectivity index (χ4v) is 2.87. The van der Waals surface area contributed by atoms with E-state index in [1.54, 1.807) is 22.7 Å². The van der Waals surface area contributed by atoms with Crippen LogP contribution >= 0.6 is 0 Å². The molecule has 0 spiro atoms. The van der Waals surface area contributed by atoms with E-state index in [4.69, 9.17) is 4.74 Å². The Morgan fingerprint density at radius 3 is 2.58 bits per heavy atom. The van der Waals surface area contributed by atoms with Crippen LogP contribution in [0.15, 0.2) is 30.5 Å². The molecule has 2 heterocycles. The van der Waals surface area contributed by atoms with Crippen molar-refractivity contribution in [2.24, 2.45) is 0 Å². The summed E-state index contributed by atoms with van der Waals surface area (Å²) in [5, 5.41) is 11.0. The average Bonchev–Trinajstić information content (AvgIpc) is 3.13. The number of likely N-dealkylation sites (tertiary alicyclic amines) is 1. The molecule has 138 valence electrons. The lowest BCUT2D eigenvalue weighted by Crippen LogP contribution is -2.46. The predicted molar refractivity (Wildman–Crippen MR) is 95.2 cm³/mol. The van der Waals surface area contributed by atoms with Crippen LogP contribution in [-0.2, 0) is 4.74 Å². The van der Waals surface area contributed by atoms with E-state index >= 15 is 0 Å². The predicted octanol–water partition coefficient (Wildman–Crippen LogP) is 1.93. The molecule has 0 aliphatic carbocycles. The second-order valence-electron chi connectivity index (χ2n) is 6.32. The Hall–Kier alpha value is -2.90. The molecule has 1 fully saturated rings. The minimum absolute atomic E-state index is 0.0118. The van der Waals surface area contributed by atoms with E-state index < -0.39 is 0 Å². The Morgan fingerprint density at radius 1 is 1.23 bits per heavy atom. The molecule has 1 N–H and O–H groups in total. The van der Waals surface area contributed by atoms with Crippen LogP contribution in [0.1, 0.15) is 35.8 Å². The number of benzene rings is 1. The summed E-state index contributed by atoms with van der Waals surface area (Å²) in [6, 6.07) is 7.83. The van der Waals surface area contributed by atoms with Crippen molar-refractivity contribution in [3.8, 4) is 5.69 Å². The quantitative estimate of drug-likeness (QED) is 0.903. The van der Waals surface area contributed by atoms with Crippen LogP contribution in [0.4, 0.5) is 4.79 Å². The van der Waals surface area contributed by atoms with Crippen LogP contribution in [0.5, 0.6) is 0 Å². The van der Waals surface area contributed by atoms with Gasteiger partial charge in [-0.3, -0.25) is 4.79 Å². The molecule has 0 bridgehead atoms. The van der Waals surface area contributed by atoms with Crippen molar-refractivity contribution in [2.45, 2.75) is 32.7 Å². The lowest BCUT2D eigenvalue weighted by atomic mass is 10.1. The van der Waals surface area contributed by atoms with Crippen molar-refractivity contribution in [1.82, 2.24) is 25.2 Å². The molecule has 0 saturated carbocycles. The van der Waals surface area contributed by atoms with Gasteiger partial charge in [0, 0.05) is 19.1 Å². The first-order valence-electron chi connectivity index (χ1n) is 8.78. The summed E-state index contributed by atoms with van der Waals surface area (Å²) in [6.07, 6.45) is 2.71. The maximum Gasteiger partial charge on any atom is 0.409 e. The zero-order valence-corrected chi connectivity index (χ0v) is 15.0. The van der Waals surface area contributed by atoms with Gasteiger partial charge in [-0.1, -0.05) is 22.9 Å². The lowest BCUT2D eigenvalue weighted by Gasteiger charge is -2.31. The van der Waals surface area contributed by atoms with Gasteiger partial charge in [-0.25, -0.2) is 9.48 Å². The second-order valence-corrected chi connectivity index (χ2v) is 6.32. The molecular weight excluding hydrogens is 334 g/mol. The van der Waals surface area contributed by atoms with E-state index in [0.29, 0.717) is 32.5 Å². The Kier molecular flexibility index (Phi) is 5.50.